The molecular weight excluding hydrogens is 314 g/mol. The Morgan fingerprint density at radius 1 is 1.17 bits per heavy atom. The van der Waals surface area contributed by atoms with Gasteiger partial charge in [-0.2, -0.15) is 4.31 Å². The monoisotopic (exact) mass is 335 g/mol. The van der Waals surface area contributed by atoms with E-state index in [1.165, 1.54) is 4.31 Å². The van der Waals surface area contributed by atoms with Crippen LogP contribution in [0.15, 0.2) is 39.8 Å². The number of aromatic nitrogens is 1. The van der Waals surface area contributed by atoms with E-state index in [0.717, 1.165) is 5.56 Å². The molecule has 0 radical (unpaired) electrons. The smallest absolute Gasteiger partial charge is 0.248 e. The van der Waals surface area contributed by atoms with Crippen LogP contribution in [0.2, 0.25) is 0 Å². The third-order valence-corrected chi connectivity index (χ3v) is 6.47. The molecule has 23 heavy (non-hydrogen) atoms. The Morgan fingerprint density at radius 2 is 1.87 bits per heavy atom. The third kappa shape index (κ3) is 2.91. The maximum absolute atomic E-state index is 13.0. The lowest BCUT2D eigenvalue weighted by Gasteiger charge is -2.38. The molecule has 1 atom stereocenters. The van der Waals surface area contributed by atoms with Crippen LogP contribution < -0.4 is 0 Å². The first-order chi connectivity index (χ1) is 10.9. The van der Waals surface area contributed by atoms with E-state index in [4.69, 9.17) is 4.52 Å². The molecule has 2 aromatic rings. The fourth-order valence-corrected chi connectivity index (χ4v) is 4.80. The van der Waals surface area contributed by atoms with Crippen LogP contribution >= 0.6 is 0 Å². The van der Waals surface area contributed by atoms with Crippen molar-refractivity contribution >= 4 is 10.0 Å². The Balaban J connectivity index is 1.92. The molecule has 2 heterocycles. The van der Waals surface area contributed by atoms with Gasteiger partial charge in [0.1, 0.15) is 10.6 Å². The molecule has 1 aliphatic rings. The molecule has 124 valence electrons. The van der Waals surface area contributed by atoms with Gasteiger partial charge in [0, 0.05) is 25.7 Å². The average molecular weight is 335 g/mol. The zero-order valence-corrected chi connectivity index (χ0v) is 14.4. The van der Waals surface area contributed by atoms with Crippen LogP contribution in [0.25, 0.3) is 0 Å². The predicted octanol–water partition coefficient (Wildman–Crippen LogP) is 1.97. The first kappa shape index (κ1) is 16.2. The summed E-state index contributed by atoms with van der Waals surface area (Å²) >= 11 is 0. The number of likely N-dealkylation sites (N-methyl/N-ethyl adjacent to an activating group) is 1. The number of piperazine rings is 1. The second kappa shape index (κ2) is 6.07. The Labute approximate surface area is 136 Å². The lowest BCUT2D eigenvalue weighted by Crippen LogP contribution is -2.49. The minimum atomic E-state index is -3.59. The zero-order valence-electron chi connectivity index (χ0n) is 13.6. The molecule has 0 unspecified atom stereocenters. The minimum absolute atomic E-state index is 0.0418. The molecule has 1 fully saturated rings. The number of hydrogen-bond donors (Lipinski definition) is 0. The molecule has 0 N–H and O–H groups in total. The fraction of sp³-hybridized carbons (Fsp3) is 0.438. The summed E-state index contributed by atoms with van der Waals surface area (Å²) in [4.78, 5) is 2.39. The van der Waals surface area contributed by atoms with Crippen molar-refractivity contribution in [3.8, 4) is 0 Å². The molecule has 0 bridgehead atoms. The van der Waals surface area contributed by atoms with Crippen molar-refractivity contribution < 1.29 is 12.9 Å². The van der Waals surface area contributed by atoms with Gasteiger partial charge in [-0.3, -0.25) is 4.90 Å². The highest BCUT2D eigenvalue weighted by atomic mass is 32.2. The van der Waals surface area contributed by atoms with Gasteiger partial charge in [0.15, 0.2) is 5.76 Å². The van der Waals surface area contributed by atoms with Gasteiger partial charge in [-0.1, -0.05) is 35.5 Å². The maximum Gasteiger partial charge on any atom is 0.248 e. The van der Waals surface area contributed by atoms with E-state index in [1.807, 2.05) is 37.4 Å². The van der Waals surface area contributed by atoms with Gasteiger partial charge in [0.25, 0.3) is 0 Å². The molecule has 6 nitrogen and oxygen atoms in total. The van der Waals surface area contributed by atoms with E-state index in [1.54, 1.807) is 13.8 Å². The summed E-state index contributed by atoms with van der Waals surface area (Å²) in [5.41, 5.74) is 1.53. The Morgan fingerprint density at radius 3 is 2.48 bits per heavy atom. The normalized spacial score (nSPS) is 20.7. The van der Waals surface area contributed by atoms with Crippen molar-refractivity contribution in [1.82, 2.24) is 14.4 Å². The number of nitrogens with zero attached hydrogens (tertiary/aromatic N) is 3. The topological polar surface area (TPSA) is 66.7 Å². The number of aryl methyl sites for hydroxylation is 2. The number of hydrogen-bond acceptors (Lipinski definition) is 5. The molecule has 1 aromatic heterocycles. The van der Waals surface area contributed by atoms with Gasteiger partial charge in [-0.15, -0.1) is 0 Å². The summed E-state index contributed by atoms with van der Waals surface area (Å²) in [7, 11) is -1.57. The molecule has 1 aliphatic heterocycles. The standard InChI is InChI=1S/C16H21N3O3S/c1-12-16(13(2)22-17-12)23(20,21)19-10-9-18(3)15(11-19)14-7-5-4-6-8-14/h4-8,15H,9-11H2,1-3H3/t15-/m0/s1. The summed E-state index contributed by atoms with van der Waals surface area (Å²) in [5, 5.41) is 3.78. The third-order valence-electron chi connectivity index (χ3n) is 4.36. The summed E-state index contributed by atoms with van der Waals surface area (Å²) in [6.07, 6.45) is 0. The van der Waals surface area contributed by atoms with E-state index in [9.17, 15) is 8.42 Å². The van der Waals surface area contributed by atoms with Crippen LogP contribution in [0.4, 0.5) is 0 Å². The van der Waals surface area contributed by atoms with Crippen LogP contribution in [0, 0.1) is 13.8 Å². The Bertz CT molecular complexity index is 767. The summed E-state index contributed by atoms with van der Waals surface area (Å²) < 4.78 is 32.5. The van der Waals surface area contributed by atoms with Crippen molar-refractivity contribution in [3.63, 3.8) is 0 Å². The first-order valence-electron chi connectivity index (χ1n) is 7.59. The van der Waals surface area contributed by atoms with E-state index >= 15 is 0 Å². The summed E-state index contributed by atoms with van der Waals surface area (Å²) in [6.45, 7) is 4.87. The Kier molecular flexibility index (Phi) is 4.27. The molecule has 7 heteroatoms. The van der Waals surface area contributed by atoms with Gasteiger partial charge in [-0.25, -0.2) is 8.42 Å². The van der Waals surface area contributed by atoms with Crippen molar-refractivity contribution in [2.75, 3.05) is 26.7 Å². The van der Waals surface area contributed by atoms with Gasteiger partial charge < -0.3 is 4.52 Å². The number of sulfonamides is 1. The highest BCUT2D eigenvalue weighted by Gasteiger charge is 2.36. The van der Waals surface area contributed by atoms with Gasteiger partial charge >= 0.3 is 0 Å². The highest BCUT2D eigenvalue weighted by molar-refractivity contribution is 7.89. The summed E-state index contributed by atoms with van der Waals surface area (Å²) in [5.74, 6) is 0.345. The van der Waals surface area contributed by atoms with Crippen LogP contribution in [-0.4, -0.2) is 49.5 Å². The van der Waals surface area contributed by atoms with Crippen molar-refractivity contribution in [2.45, 2.75) is 24.8 Å². The molecular formula is C16H21N3O3S. The Hall–Kier alpha value is -1.70. The predicted molar refractivity (Wildman–Crippen MR) is 86.5 cm³/mol. The van der Waals surface area contributed by atoms with Crippen LogP contribution in [0.5, 0.6) is 0 Å². The second-order valence-corrected chi connectivity index (χ2v) is 7.80. The van der Waals surface area contributed by atoms with Gasteiger partial charge in [0.05, 0.1) is 0 Å². The average Bonchev–Trinajstić information content (AvgIpc) is 2.88. The zero-order chi connectivity index (χ0) is 16.6. The minimum Gasteiger partial charge on any atom is -0.360 e. The van der Waals surface area contributed by atoms with Gasteiger partial charge in [0.2, 0.25) is 10.0 Å². The second-order valence-electron chi connectivity index (χ2n) is 5.92. The largest absolute Gasteiger partial charge is 0.360 e. The number of rotatable bonds is 3. The fourth-order valence-electron chi connectivity index (χ4n) is 3.07. The van der Waals surface area contributed by atoms with Crippen LogP contribution in [0.3, 0.4) is 0 Å². The molecule has 0 aliphatic carbocycles. The van der Waals surface area contributed by atoms with E-state index in [2.05, 4.69) is 10.1 Å². The molecule has 0 amide bonds. The van der Waals surface area contributed by atoms with Gasteiger partial charge in [-0.05, 0) is 26.5 Å². The molecule has 0 spiro atoms. The SMILES string of the molecule is Cc1noc(C)c1S(=O)(=O)N1CCN(C)[C@H](c2ccccc2)C1. The van der Waals surface area contributed by atoms with E-state index in [-0.39, 0.29) is 10.9 Å². The first-order valence-corrected chi connectivity index (χ1v) is 9.03. The number of benzene rings is 1. The summed E-state index contributed by atoms with van der Waals surface area (Å²) in [6, 6.07) is 10.0. The maximum atomic E-state index is 13.0. The lowest BCUT2D eigenvalue weighted by atomic mass is 10.0. The molecule has 3 rings (SSSR count). The quantitative estimate of drug-likeness (QED) is 0.858. The van der Waals surface area contributed by atoms with Crippen LogP contribution in [-0.2, 0) is 10.0 Å². The molecule has 1 saturated heterocycles. The van der Waals surface area contributed by atoms with Crippen molar-refractivity contribution in [3.05, 3.63) is 47.3 Å². The van der Waals surface area contributed by atoms with Crippen molar-refractivity contribution in [2.24, 2.45) is 0 Å². The highest BCUT2D eigenvalue weighted by Crippen LogP contribution is 2.29. The van der Waals surface area contributed by atoms with Crippen molar-refractivity contribution in [1.29, 1.82) is 0 Å². The lowest BCUT2D eigenvalue weighted by molar-refractivity contribution is 0.148. The molecule has 0 saturated carbocycles. The van der Waals surface area contributed by atoms with Crippen LogP contribution in [0.1, 0.15) is 23.1 Å². The van der Waals surface area contributed by atoms with E-state index in [0.29, 0.717) is 31.1 Å². The molecule has 1 aromatic carbocycles. The van der Waals surface area contributed by atoms with E-state index < -0.39 is 10.0 Å².